The smallest absolute Gasteiger partial charge is 0.0864 e. The second kappa shape index (κ2) is 2.75. The molecule has 2 N–H and O–H groups in total. The van der Waals surface area contributed by atoms with Crippen molar-refractivity contribution in [2.75, 3.05) is 12.8 Å². The van der Waals surface area contributed by atoms with E-state index in [0.29, 0.717) is 6.61 Å². The zero-order chi connectivity index (χ0) is 7.56. The molecule has 10 heavy (non-hydrogen) atoms. The third-order valence-electron chi connectivity index (χ3n) is 1.42. The number of nitrogen functional groups attached to an aromatic ring is 1. The van der Waals surface area contributed by atoms with E-state index in [2.05, 4.69) is 0 Å². The summed E-state index contributed by atoms with van der Waals surface area (Å²) in [5.74, 6) is 0. The second-order valence-corrected chi connectivity index (χ2v) is 2.31. The van der Waals surface area contributed by atoms with Gasteiger partial charge in [0.25, 0.3) is 0 Å². The average Bonchev–Trinajstić information content (AvgIpc) is 2.13. The Labute approximate surface area is 60.4 Å². The van der Waals surface area contributed by atoms with Crippen LogP contribution in [0.2, 0.25) is 0 Å². The highest BCUT2D eigenvalue weighted by molar-refractivity contribution is 5.38. The van der Waals surface area contributed by atoms with Crippen LogP contribution in [-0.2, 0) is 18.4 Å². The van der Waals surface area contributed by atoms with E-state index in [4.69, 9.17) is 10.5 Å². The van der Waals surface area contributed by atoms with E-state index in [1.165, 1.54) is 0 Å². The van der Waals surface area contributed by atoms with Crippen LogP contribution in [0.3, 0.4) is 0 Å². The molecule has 0 aliphatic heterocycles. The lowest BCUT2D eigenvalue weighted by Crippen LogP contribution is -1.95. The number of anilines is 1. The molecular formula is C7H12N2O. The molecule has 0 aromatic carbocycles. The molecule has 3 nitrogen and oxygen atoms in total. The highest BCUT2D eigenvalue weighted by Crippen LogP contribution is 2.08. The van der Waals surface area contributed by atoms with Gasteiger partial charge in [0.1, 0.15) is 0 Å². The van der Waals surface area contributed by atoms with Gasteiger partial charge in [0.15, 0.2) is 0 Å². The molecule has 0 amide bonds. The second-order valence-electron chi connectivity index (χ2n) is 2.31. The monoisotopic (exact) mass is 140 g/mol. The van der Waals surface area contributed by atoms with Crippen LogP contribution in [0.4, 0.5) is 5.69 Å². The van der Waals surface area contributed by atoms with Crippen molar-refractivity contribution >= 4 is 5.69 Å². The van der Waals surface area contributed by atoms with Crippen LogP contribution in [0.1, 0.15) is 5.69 Å². The molecule has 56 valence electrons. The minimum atomic E-state index is 0.619. The van der Waals surface area contributed by atoms with Crippen LogP contribution in [0, 0.1) is 0 Å². The van der Waals surface area contributed by atoms with Crippen LogP contribution in [0.15, 0.2) is 12.3 Å². The fraction of sp³-hybridized carbons (Fsp3) is 0.429. The van der Waals surface area contributed by atoms with Crippen LogP contribution in [0.25, 0.3) is 0 Å². The Morgan fingerprint density at radius 1 is 1.70 bits per heavy atom. The van der Waals surface area contributed by atoms with Crippen molar-refractivity contribution in [3.05, 3.63) is 18.0 Å². The van der Waals surface area contributed by atoms with Gasteiger partial charge in [0, 0.05) is 31.7 Å². The number of nitrogens with two attached hydrogens (primary N) is 1. The summed E-state index contributed by atoms with van der Waals surface area (Å²) >= 11 is 0. The Morgan fingerprint density at radius 3 is 2.80 bits per heavy atom. The van der Waals surface area contributed by atoms with Crippen molar-refractivity contribution in [2.45, 2.75) is 6.61 Å². The summed E-state index contributed by atoms with van der Waals surface area (Å²) < 4.78 is 6.90. The van der Waals surface area contributed by atoms with E-state index in [0.717, 1.165) is 11.4 Å². The first-order chi connectivity index (χ1) is 4.74. The zero-order valence-electron chi connectivity index (χ0n) is 6.29. The Balaban J connectivity index is 2.81. The quantitative estimate of drug-likeness (QED) is 0.658. The van der Waals surface area contributed by atoms with E-state index in [1.807, 2.05) is 23.9 Å². The van der Waals surface area contributed by atoms with Gasteiger partial charge in [-0.2, -0.15) is 0 Å². The van der Waals surface area contributed by atoms with Gasteiger partial charge in [-0.25, -0.2) is 0 Å². The van der Waals surface area contributed by atoms with E-state index >= 15 is 0 Å². The van der Waals surface area contributed by atoms with Gasteiger partial charge in [0.05, 0.1) is 6.61 Å². The molecule has 0 aliphatic carbocycles. The summed E-state index contributed by atoms with van der Waals surface area (Å²) in [5, 5.41) is 0. The number of rotatable bonds is 2. The van der Waals surface area contributed by atoms with Crippen molar-refractivity contribution < 1.29 is 4.74 Å². The Bertz CT molecular complexity index is 217. The van der Waals surface area contributed by atoms with E-state index in [-0.39, 0.29) is 0 Å². The summed E-state index contributed by atoms with van der Waals surface area (Å²) in [7, 11) is 3.62. The van der Waals surface area contributed by atoms with Crippen LogP contribution < -0.4 is 5.73 Å². The molecule has 1 heterocycles. The topological polar surface area (TPSA) is 40.2 Å². The summed E-state index contributed by atoms with van der Waals surface area (Å²) in [6, 6.07) is 1.91. The molecule has 3 heteroatoms. The third kappa shape index (κ3) is 1.30. The maximum Gasteiger partial charge on any atom is 0.0864 e. The van der Waals surface area contributed by atoms with Crippen molar-refractivity contribution in [1.29, 1.82) is 0 Å². The number of hydrogen-bond donors (Lipinski definition) is 1. The maximum absolute atomic E-state index is 5.53. The maximum atomic E-state index is 5.53. The third-order valence-corrected chi connectivity index (χ3v) is 1.42. The number of aromatic nitrogens is 1. The van der Waals surface area contributed by atoms with Gasteiger partial charge < -0.3 is 15.0 Å². The van der Waals surface area contributed by atoms with Crippen molar-refractivity contribution in [1.82, 2.24) is 4.57 Å². The molecule has 0 unspecified atom stereocenters. The van der Waals surface area contributed by atoms with Gasteiger partial charge in [0.2, 0.25) is 0 Å². The zero-order valence-corrected chi connectivity index (χ0v) is 6.29. The van der Waals surface area contributed by atoms with Gasteiger partial charge in [-0.3, -0.25) is 0 Å². The highest BCUT2D eigenvalue weighted by atomic mass is 16.5. The molecule has 0 spiro atoms. The molecule has 1 aromatic rings. The minimum Gasteiger partial charge on any atom is -0.397 e. The molecule has 0 radical (unpaired) electrons. The summed E-state index contributed by atoms with van der Waals surface area (Å²) in [5.41, 5.74) is 7.42. The van der Waals surface area contributed by atoms with Crippen LogP contribution >= 0.6 is 0 Å². The molecule has 1 rings (SSSR count). The lowest BCUT2D eigenvalue weighted by molar-refractivity contribution is 0.179. The molecule has 0 saturated heterocycles. The summed E-state index contributed by atoms with van der Waals surface area (Å²) in [6.07, 6.45) is 1.87. The largest absolute Gasteiger partial charge is 0.397 e. The van der Waals surface area contributed by atoms with Crippen molar-refractivity contribution in [3.63, 3.8) is 0 Å². The summed E-state index contributed by atoms with van der Waals surface area (Å²) in [4.78, 5) is 0. The first-order valence-corrected chi connectivity index (χ1v) is 3.13. The molecular weight excluding hydrogens is 128 g/mol. The molecule has 0 saturated carbocycles. The number of methoxy groups -OCH3 is 1. The van der Waals surface area contributed by atoms with Gasteiger partial charge in [-0.05, 0) is 6.07 Å². The van der Waals surface area contributed by atoms with Crippen molar-refractivity contribution in [3.8, 4) is 0 Å². The predicted molar refractivity (Wildman–Crippen MR) is 40.5 cm³/mol. The fourth-order valence-corrected chi connectivity index (χ4v) is 0.929. The predicted octanol–water partition coefficient (Wildman–Crippen LogP) is 0.754. The number of aryl methyl sites for hydroxylation is 1. The standard InChI is InChI=1S/C7H12N2O/c1-9-4-6(8)3-7(9)5-10-2/h3-4H,5,8H2,1-2H3. The van der Waals surface area contributed by atoms with Gasteiger partial charge in [-0.15, -0.1) is 0 Å². The SMILES string of the molecule is COCc1cc(N)cn1C. The van der Waals surface area contributed by atoms with Gasteiger partial charge in [-0.1, -0.05) is 0 Å². The van der Waals surface area contributed by atoms with E-state index in [1.54, 1.807) is 7.11 Å². The highest BCUT2D eigenvalue weighted by Gasteiger charge is 1.97. The Morgan fingerprint density at radius 2 is 2.40 bits per heavy atom. The molecule has 0 bridgehead atoms. The first kappa shape index (κ1) is 7.15. The Hall–Kier alpha value is -0.960. The van der Waals surface area contributed by atoms with E-state index in [9.17, 15) is 0 Å². The molecule has 1 aromatic heterocycles. The number of hydrogen-bond acceptors (Lipinski definition) is 2. The molecule has 0 fully saturated rings. The minimum absolute atomic E-state index is 0.619. The summed E-state index contributed by atoms with van der Waals surface area (Å²) in [6.45, 7) is 0.619. The molecule has 0 aliphatic rings. The number of ether oxygens (including phenoxy) is 1. The molecule has 0 atom stereocenters. The first-order valence-electron chi connectivity index (χ1n) is 3.13. The lowest BCUT2D eigenvalue weighted by Gasteiger charge is -1.98. The van der Waals surface area contributed by atoms with Crippen LogP contribution in [0.5, 0.6) is 0 Å². The average molecular weight is 140 g/mol. The number of nitrogens with zero attached hydrogens (tertiary/aromatic N) is 1. The van der Waals surface area contributed by atoms with Crippen molar-refractivity contribution in [2.24, 2.45) is 7.05 Å². The van der Waals surface area contributed by atoms with Gasteiger partial charge >= 0.3 is 0 Å². The van der Waals surface area contributed by atoms with Crippen LogP contribution in [-0.4, -0.2) is 11.7 Å². The normalized spacial score (nSPS) is 10.2. The lowest BCUT2D eigenvalue weighted by atomic mass is 10.4. The fourth-order valence-electron chi connectivity index (χ4n) is 0.929. The Kier molecular flexibility index (Phi) is 1.97. The van der Waals surface area contributed by atoms with E-state index < -0.39 is 0 Å².